The van der Waals surface area contributed by atoms with Crippen LogP contribution in [0, 0.1) is 6.92 Å². The van der Waals surface area contributed by atoms with Crippen LogP contribution in [0.2, 0.25) is 4.34 Å². The molecule has 1 aromatic heterocycles. The maximum atomic E-state index is 12.8. The first kappa shape index (κ1) is 17.4. The van der Waals surface area contributed by atoms with E-state index in [1.165, 1.54) is 10.4 Å². The Morgan fingerprint density at radius 2 is 2.04 bits per heavy atom. The van der Waals surface area contributed by atoms with Crippen LogP contribution in [-0.4, -0.2) is 31.2 Å². The molecule has 0 bridgehead atoms. The molecule has 1 amide bonds. The van der Waals surface area contributed by atoms with Gasteiger partial charge in [0, 0.05) is 12.2 Å². The summed E-state index contributed by atoms with van der Waals surface area (Å²) in [7, 11) is -3.71. The Bertz CT molecular complexity index is 864. The second kappa shape index (κ2) is 6.84. The maximum Gasteiger partial charge on any atom is 0.253 e. The first-order chi connectivity index (χ1) is 11.4. The van der Waals surface area contributed by atoms with Crippen molar-refractivity contribution >= 4 is 44.6 Å². The number of hydrogen-bond acceptors (Lipinski definition) is 4. The number of nitrogens with one attached hydrogen (secondary N) is 1. The quantitative estimate of drug-likeness (QED) is 0.877. The molecule has 1 fully saturated rings. The van der Waals surface area contributed by atoms with Crippen molar-refractivity contribution in [3.63, 3.8) is 0 Å². The number of carbonyl (C=O) groups excluding carboxylic acids is 1. The van der Waals surface area contributed by atoms with Gasteiger partial charge in [-0.25, -0.2) is 8.42 Å². The standard InChI is InChI=1S/C16H17ClN2O3S2/c1-11-5-2-3-6-12(11)18-16(20)13-7-4-10-19(13)24(21,22)15-9-8-14(17)23-15/h2-3,5-6,8-9,13H,4,7,10H2,1H3,(H,18,20). The summed E-state index contributed by atoms with van der Waals surface area (Å²) in [5.41, 5.74) is 1.63. The Balaban J connectivity index is 1.83. The van der Waals surface area contributed by atoms with Gasteiger partial charge in [-0.05, 0) is 43.5 Å². The van der Waals surface area contributed by atoms with Gasteiger partial charge in [0.15, 0.2) is 0 Å². The number of carbonyl (C=O) groups is 1. The van der Waals surface area contributed by atoms with E-state index in [-0.39, 0.29) is 10.1 Å². The summed E-state index contributed by atoms with van der Waals surface area (Å²) in [5.74, 6) is -0.298. The van der Waals surface area contributed by atoms with E-state index in [4.69, 9.17) is 11.6 Å². The molecule has 1 saturated heterocycles. The van der Waals surface area contributed by atoms with Crippen LogP contribution >= 0.6 is 22.9 Å². The van der Waals surface area contributed by atoms with Crippen molar-refractivity contribution in [3.05, 3.63) is 46.3 Å². The zero-order chi connectivity index (χ0) is 17.3. The second-order valence-corrected chi connectivity index (χ2v) is 9.47. The van der Waals surface area contributed by atoms with Crippen molar-refractivity contribution in [2.75, 3.05) is 11.9 Å². The normalized spacial score (nSPS) is 18.7. The minimum Gasteiger partial charge on any atom is -0.324 e. The Labute approximate surface area is 150 Å². The lowest BCUT2D eigenvalue weighted by Gasteiger charge is -2.23. The summed E-state index contributed by atoms with van der Waals surface area (Å²) in [5, 5.41) is 2.84. The molecule has 1 N–H and O–H groups in total. The van der Waals surface area contributed by atoms with Gasteiger partial charge in [0.25, 0.3) is 10.0 Å². The fourth-order valence-electron chi connectivity index (χ4n) is 2.77. The molecular weight excluding hydrogens is 368 g/mol. The number of hydrogen-bond donors (Lipinski definition) is 1. The van der Waals surface area contributed by atoms with Crippen molar-refractivity contribution in [2.45, 2.75) is 30.0 Å². The van der Waals surface area contributed by atoms with Gasteiger partial charge in [0.2, 0.25) is 5.91 Å². The Kier molecular flexibility index (Phi) is 4.96. The van der Waals surface area contributed by atoms with Crippen LogP contribution in [0.3, 0.4) is 0 Å². The molecule has 1 atom stereocenters. The highest BCUT2D eigenvalue weighted by Crippen LogP contribution is 2.32. The fourth-order valence-corrected chi connectivity index (χ4v) is 6.04. The molecule has 1 aromatic carbocycles. The molecule has 128 valence electrons. The first-order valence-corrected chi connectivity index (χ1v) is 10.2. The summed E-state index contributed by atoms with van der Waals surface area (Å²) >= 11 is 6.86. The smallest absolute Gasteiger partial charge is 0.253 e. The molecule has 1 aliphatic rings. The van der Waals surface area contributed by atoms with E-state index in [0.29, 0.717) is 29.4 Å². The number of benzene rings is 1. The molecule has 24 heavy (non-hydrogen) atoms. The number of nitrogens with zero attached hydrogens (tertiary/aromatic N) is 1. The number of sulfonamides is 1. The molecule has 2 heterocycles. The lowest BCUT2D eigenvalue weighted by Crippen LogP contribution is -2.42. The lowest BCUT2D eigenvalue weighted by molar-refractivity contribution is -0.119. The van der Waals surface area contributed by atoms with Crippen molar-refractivity contribution in [3.8, 4) is 0 Å². The minimum absolute atomic E-state index is 0.170. The summed E-state index contributed by atoms with van der Waals surface area (Å²) in [6, 6.07) is 9.76. The van der Waals surface area contributed by atoms with Gasteiger partial charge in [-0.3, -0.25) is 4.79 Å². The van der Waals surface area contributed by atoms with Crippen LogP contribution in [-0.2, 0) is 14.8 Å². The number of halogens is 1. The number of aryl methyl sites for hydroxylation is 1. The van der Waals surface area contributed by atoms with E-state index >= 15 is 0 Å². The fraction of sp³-hybridized carbons (Fsp3) is 0.312. The lowest BCUT2D eigenvalue weighted by atomic mass is 10.1. The number of amides is 1. The molecule has 0 aliphatic carbocycles. The van der Waals surface area contributed by atoms with Crippen LogP contribution < -0.4 is 5.32 Å². The second-order valence-electron chi connectivity index (χ2n) is 5.64. The molecular formula is C16H17ClN2O3S2. The Morgan fingerprint density at radius 1 is 1.29 bits per heavy atom. The molecule has 0 saturated carbocycles. The number of anilines is 1. The van der Waals surface area contributed by atoms with Crippen LogP contribution in [0.1, 0.15) is 18.4 Å². The van der Waals surface area contributed by atoms with Gasteiger partial charge < -0.3 is 5.32 Å². The van der Waals surface area contributed by atoms with Gasteiger partial charge in [0.05, 0.1) is 4.34 Å². The van der Waals surface area contributed by atoms with E-state index in [1.54, 1.807) is 12.1 Å². The highest BCUT2D eigenvalue weighted by Gasteiger charge is 2.40. The molecule has 1 unspecified atom stereocenters. The summed E-state index contributed by atoms with van der Waals surface area (Å²) in [6.45, 7) is 2.23. The molecule has 8 heteroatoms. The average Bonchev–Trinajstić information content (AvgIpc) is 3.18. The summed E-state index contributed by atoms with van der Waals surface area (Å²) < 4.78 is 27.4. The van der Waals surface area contributed by atoms with E-state index in [2.05, 4.69) is 5.32 Å². The average molecular weight is 385 g/mol. The molecule has 0 radical (unpaired) electrons. The number of para-hydroxylation sites is 1. The zero-order valence-corrected chi connectivity index (χ0v) is 15.4. The van der Waals surface area contributed by atoms with Gasteiger partial charge in [-0.1, -0.05) is 29.8 Å². The van der Waals surface area contributed by atoms with Crippen LogP contribution in [0.4, 0.5) is 5.69 Å². The van der Waals surface area contributed by atoms with Gasteiger partial charge in [-0.15, -0.1) is 11.3 Å². The maximum absolute atomic E-state index is 12.8. The predicted octanol–water partition coefficient (Wildman–Crippen LogP) is 3.50. The Morgan fingerprint density at radius 3 is 2.71 bits per heavy atom. The van der Waals surface area contributed by atoms with Crippen molar-refractivity contribution < 1.29 is 13.2 Å². The first-order valence-electron chi connectivity index (χ1n) is 7.53. The van der Waals surface area contributed by atoms with E-state index in [1.807, 2.05) is 25.1 Å². The molecule has 0 spiro atoms. The van der Waals surface area contributed by atoms with Crippen LogP contribution in [0.25, 0.3) is 0 Å². The van der Waals surface area contributed by atoms with E-state index in [0.717, 1.165) is 16.9 Å². The van der Waals surface area contributed by atoms with Gasteiger partial charge in [0.1, 0.15) is 10.3 Å². The third kappa shape index (κ3) is 3.35. The predicted molar refractivity (Wildman–Crippen MR) is 96.1 cm³/mol. The number of thiophene rings is 1. The molecule has 3 rings (SSSR count). The van der Waals surface area contributed by atoms with Gasteiger partial charge in [-0.2, -0.15) is 4.31 Å². The van der Waals surface area contributed by atoms with Crippen LogP contribution in [0.5, 0.6) is 0 Å². The summed E-state index contributed by atoms with van der Waals surface area (Å²) in [6.07, 6.45) is 1.17. The summed E-state index contributed by atoms with van der Waals surface area (Å²) in [4.78, 5) is 12.6. The van der Waals surface area contributed by atoms with Crippen molar-refractivity contribution in [2.24, 2.45) is 0 Å². The highest BCUT2D eigenvalue weighted by molar-refractivity contribution is 7.91. The Hall–Kier alpha value is -1.41. The molecule has 5 nitrogen and oxygen atoms in total. The van der Waals surface area contributed by atoms with Gasteiger partial charge >= 0.3 is 0 Å². The highest BCUT2D eigenvalue weighted by atomic mass is 35.5. The van der Waals surface area contributed by atoms with Crippen LogP contribution in [0.15, 0.2) is 40.6 Å². The third-order valence-corrected chi connectivity index (χ3v) is 7.63. The monoisotopic (exact) mass is 384 g/mol. The SMILES string of the molecule is Cc1ccccc1NC(=O)C1CCCN1S(=O)(=O)c1ccc(Cl)s1. The largest absolute Gasteiger partial charge is 0.324 e. The topological polar surface area (TPSA) is 66.5 Å². The number of rotatable bonds is 4. The van der Waals surface area contributed by atoms with Crippen molar-refractivity contribution in [1.82, 2.24) is 4.31 Å². The third-order valence-electron chi connectivity index (χ3n) is 4.02. The molecule has 2 aromatic rings. The molecule has 1 aliphatic heterocycles. The zero-order valence-electron chi connectivity index (χ0n) is 13.0. The van der Waals surface area contributed by atoms with E-state index in [9.17, 15) is 13.2 Å². The van der Waals surface area contributed by atoms with E-state index < -0.39 is 16.1 Å². The van der Waals surface area contributed by atoms with Crippen molar-refractivity contribution in [1.29, 1.82) is 0 Å². The minimum atomic E-state index is -3.71.